The second-order valence-corrected chi connectivity index (χ2v) is 5.79. The minimum absolute atomic E-state index is 0.0293. The van der Waals surface area contributed by atoms with Gasteiger partial charge in [0, 0.05) is 22.7 Å². The average Bonchev–Trinajstić information content (AvgIpc) is 2.80. The fourth-order valence-electron chi connectivity index (χ4n) is 2.31. The number of nitrogens with one attached hydrogen (secondary N) is 1. The van der Waals surface area contributed by atoms with E-state index < -0.39 is 0 Å². The van der Waals surface area contributed by atoms with E-state index in [1.54, 1.807) is 6.07 Å². The summed E-state index contributed by atoms with van der Waals surface area (Å²) >= 11 is 12.3. The van der Waals surface area contributed by atoms with Crippen molar-refractivity contribution in [3.63, 3.8) is 0 Å². The number of halogens is 2. The van der Waals surface area contributed by atoms with E-state index in [1.807, 2.05) is 44.2 Å². The van der Waals surface area contributed by atoms with E-state index in [1.165, 1.54) is 0 Å². The Morgan fingerprint density at radius 2 is 1.95 bits per heavy atom. The number of oxazole rings is 1. The lowest BCUT2D eigenvalue weighted by atomic mass is 10.1. The molecule has 0 bridgehead atoms. The molecule has 5 heteroatoms. The van der Waals surface area contributed by atoms with Crippen molar-refractivity contribution in [1.82, 2.24) is 4.98 Å². The zero-order valence-corrected chi connectivity index (χ0v) is 13.2. The summed E-state index contributed by atoms with van der Waals surface area (Å²) in [5, 5.41) is 4.77. The number of hydrogen-bond acceptors (Lipinski definition) is 3. The molecule has 1 atom stereocenters. The van der Waals surface area contributed by atoms with Crippen molar-refractivity contribution in [3.05, 3.63) is 57.9 Å². The lowest BCUT2D eigenvalue weighted by molar-refractivity contribution is 0.561. The first kappa shape index (κ1) is 14.2. The number of aromatic nitrogens is 1. The van der Waals surface area contributed by atoms with E-state index in [0.717, 1.165) is 22.4 Å². The molecule has 1 N–H and O–H groups in total. The highest BCUT2D eigenvalue weighted by Crippen LogP contribution is 2.29. The Labute approximate surface area is 132 Å². The van der Waals surface area contributed by atoms with Gasteiger partial charge in [0.1, 0.15) is 5.52 Å². The Morgan fingerprint density at radius 1 is 1.14 bits per heavy atom. The highest BCUT2D eigenvalue weighted by Gasteiger charge is 2.11. The monoisotopic (exact) mass is 320 g/mol. The summed E-state index contributed by atoms with van der Waals surface area (Å²) in [5.41, 5.74) is 3.54. The van der Waals surface area contributed by atoms with Gasteiger partial charge in [-0.15, -0.1) is 0 Å². The Bertz CT molecular complexity index is 798. The van der Waals surface area contributed by atoms with Crippen LogP contribution in [0.25, 0.3) is 11.1 Å². The molecule has 0 aliphatic carbocycles. The molecular weight excluding hydrogens is 307 g/mol. The fourth-order valence-corrected chi connectivity index (χ4v) is 2.77. The largest absolute Gasteiger partial charge is 0.441 e. The molecule has 0 aliphatic rings. The molecule has 1 aromatic heterocycles. The minimum Gasteiger partial charge on any atom is -0.441 e. The summed E-state index contributed by atoms with van der Waals surface area (Å²) in [6, 6.07) is 11.3. The maximum Gasteiger partial charge on any atom is 0.192 e. The summed E-state index contributed by atoms with van der Waals surface area (Å²) < 4.78 is 5.47. The van der Waals surface area contributed by atoms with Crippen molar-refractivity contribution in [2.45, 2.75) is 19.9 Å². The van der Waals surface area contributed by atoms with Gasteiger partial charge in [0.25, 0.3) is 0 Å². The van der Waals surface area contributed by atoms with Crippen LogP contribution in [-0.2, 0) is 0 Å². The first-order valence-corrected chi connectivity index (χ1v) is 7.37. The van der Waals surface area contributed by atoms with Crippen LogP contribution in [0.1, 0.15) is 24.4 Å². The van der Waals surface area contributed by atoms with Crippen LogP contribution in [0, 0.1) is 6.92 Å². The number of fused-ring (bicyclic) bond motifs is 1. The van der Waals surface area contributed by atoms with Gasteiger partial charge in [-0.3, -0.25) is 0 Å². The molecule has 0 saturated heterocycles. The molecule has 0 radical (unpaired) electrons. The second-order valence-electron chi connectivity index (χ2n) is 4.95. The number of hydrogen-bond donors (Lipinski definition) is 1. The molecule has 0 saturated carbocycles. The van der Waals surface area contributed by atoms with Crippen LogP contribution in [0.3, 0.4) is 0 Å². The van der Waals surface area contributed by atoms with Gasteiger partial charge in [-0.05, 0) is 48.9 Å². The van der Waals surface area contributed by atoms with Crippen LogP contribution in [0.5, 0.6) is 0 Å². The molecule has 3 nitrogen and oxygen atoms in total. The fraction of sp³-hybridized carbons (Fsp3) is 0.188. The number of rotatable bonds is 3. The summed E-state index contributed by atoms with van der Waals surface area (Å²) in [4.78, 5) is 4.33. The van der Waals surface area contributed by atoms with Crippen LogP contribution in [0.4, 0.5) is 5.69 Å². The summed E-state index contributed by atoms with van der Waals surface area (Å²) in [7, 11) is 0. The van der Waals surface area contributed by atoms with Crippen LogP contribution >= 0.6 is 23.2 Å². The van der Waals surface area contributed by atoms with E-state index >= 15 is 0 Å². The minimum atomic E-state index is 0.0293. The van der Waals surface area contributed by atoms with E-state index in [9.17, 15) is 0 Å². The molecule has 2 aromatic carbocycles. The summed E-state index contributed by atoms with van der Waals surface area (Å²) in [5.74, 6) is 0.660. The van der Waals surface area contributed by atoms with Gasteiger partial charge in [0.05, 0.1) is 6.04 Å². The number of benzene rings is 2. The van der Waals surface area contributed by atoms with Crippen molar-refractivity contribution in [3.8, 4) is 0 Å². The van der Waals surface area contributed by atoms with Gasteiger partial charge >= 0.3 is 0 Å². The Kier molecular flexibility index (Phi) is 3.79. The van der Waals surface area contributed by atoms with Gasteiger partial charge in [-0.1, -0.05) is 23.2 Å². The van der Waals surface area contributed by atoms with Crippen LogP contribution in [-0.4, -0.2) is 4.98 Å². The molecule has 0 spiro atoms. The maximum atomic E-state index is 6.23. The molecule has 1 unspecified atom stereocenters. The van der Waals surface area contributed by atoms with Gasteiger partial charge in [0.15, 0.2) is 11.5 Å². The Balaban J connectivity index is 1.88. The second kappa shape index (κ2) is 5.58. The van der Waals surface area contributed by atoms with Crippen molar-refractivity contribution in [2.24, 2.45) is 0 Å². The van der Waals surface area contributed by atoms with Gasteiger partial charge in [0.2, 0.25) is 0 Å². The first-order chi connectivity index (χ1) is 10.0. The molecule has 0 aliphatic heterocycles. The van der Waals surface area contributed by atoms with E-state index in [4.69, 9.17) is 27.6 Å². The highest BCUT2D eigenvalue weighted by atomic mass is 35.5. The number of anilines is 1. The quantitative estimate of drug-likeness (QED) is 0.681. The third-order valence-electron chi connectivity index (χ3n) is 3.30. The van der Waals surface area contributed by atoms with Gasteiger partial charge < -0.3 is 9.73 Å². The van der Waals surface area contributed by atoms with Crippen molar-refractivity contribution < 1.29 is 4.42 Å². The zero-order valence-electron chi connectivity index (χ0n) is 11.7. The van der Waals surface area contributed by atoms with E-state index in [0.29, 0.717) is 15.9 Å². The van der Waals surface area contributed by atoms with Crippen molar-refractivity contribution >= 4 is 40.0 Å². The maximum absolute atomic E-state index is 6.23. The molecule has 0 fully saturated rings. The van der Waals surface area contributed by atoms with Crippen LogP contribution < -0.4 is 5.32 Å². The van der Waals surface area contributed by atoms with Gasteiger partial charge in [-0.25, -0.2) is 4.98 Å². The highest BCUT2D eigenvalue weighted by molar-refractivity contribution is 6.33. The normalized spacial score (nSPS) is 12.6. The number of nitrogens with zero attached hydrogens (tertiary/aromatic N) is 1. The Morgan fingerprint density at radius 3 is 2.76 bits per heavy atom. The van der Waals surface area contributed by atoms with Crippen molar-refractivity contribution in [2.75, 3.05) is 5.32 Å². The average molecular weight is 321 g/mol. The van der Waals surface area contributed by atoms with Gasteiger partial charge in [-0.2, -0.15) is 0 Å². The summed E-state index contributed by atoms with van der Waals surface area (Å²) in [6.45, 7) is 3.87. The topological polar surface area (TPSA) is 38.1 Å². The predicted molar refractivity (Wildman–Crippen MR) is 87.2 cm³/mol. The third-order valence-corrected chi connectivity index (χ3v) is 3.88. The van der Waals surface area contributed by atoms with Crippen LogP contribution in [0.15, 0.2) is 40.8 Å². The molecule has 21 heavy (non-hydrogen) atoms. The van der Waals surface area contributed by atoms with E-state index in [2.05, 4.69) is 10.3 Å². The molecule has 0 amide bonds. The third kappa shape index (κ3) is 2.99. The smallest absolute Gasteiger partial charge is 0.192 e. The first-order valence-electron chi connectivity index (χ1n) is 6.61. The van der Waals surface area contributed by atoms with Crippen molar-refractivity contribution in [1.29, 1.82) is 0 Å². The number of aryl methyl sites for hydroxylation is 1. The summed E-state index contributed by atoms with van der Waals surface area (Å²) in [6.07, 6.45) is 0. The molecular formula is C16H14Cl2N2O. The SMILES string of the molecule is Cc1nc2cc(NC(C)c3cc(Cl)ccc3Cl)ccc2o1. The Hall–Kier alpha value is -1.71. The molecule has 3 aromatic rings. The van der Waals surface area contributed by atoms with Crippen LogP contribution in [0.2, 0.25) is 10.0 Å². The lowest BCUT2D eigenvalue weighted by Crippen LogP contribution is -2.07. The molecule has 108 valence electrons. The molecule has 1 heterocycles. The van der Waals surface area contributed by atoms with E-state index in [-0.39, 0.29) is 6.04 Å². The molecule has 3 rings (SSSR count). The lowest BCUT2D eigenvalue weighted by Gasteiger charge is -2.17. The standard InChI is InChI=1S/C16H14Cl2N2O/c1-9(13-7-11(17)3-5-14(13)18)19-12-4-6-16-15(8-12)20-10(2)21-16/h3-9,19H,1-2H3. The predicted octanol–water partition coefficient (Wildman–Crippen LogP) is 5.62. The zero-order chi connectivity index (χ0) is 15.0.